The van der Waals surface area contributed by atoms with Crippen LogP contribution in [0.25, 0.3) is 0 Å². The van der Waals surface area contributed by atoms with Crippen molar-refractivity contribution in [3.05, 3.63) is 70.5 Å². The summed E-state index contributed by atoms with van der Waals surface area (Å²) in [5, 5.41) is 8.23. The van der Waals surface area contributed by atoms with Gasteiger partial charge >= 0.3 is 12.4 Å². The second-order valence-corrected chi connectivity index (χ2v) is 8.83. The van der Waals surface area contributed by atoms with Crippen LogP contribution in [0.3, 0.4) is 0 Å². The predicted molar refractivity (Wildman–Crippen MR) is 121 cm³/mol. The Kier molecular flexibility index (Phi) is 9.16. The minimum atomic E-state index is -4.68. The van der Waals surface area contributed by atoms with E-state index in [1.165, 1.54) is 6.07 Å². The van der Waals surface area contributed by atoms with E-state index in [9.17, 15) is 40.3 Å². The monoisotopic (exact) mass is 533 g/mol. The molecule has 0 aromatic heterocycles. The van der Waals surface area contributed by atoms with Crippen LogP contribution < -0.4 is 16.0 Å². The first-order chi connectivity index (χ1) is 17.3. The van der Waals surface area contributed by atoms with Gasteiger partial charge in [-0.15, -0.1) is 0 Å². The number of carbonyl (C=O) groups excluding carboxylic acids is 2. The molecule has 12 heteroatoms. The normalized spacial score (nSPS) is 18.4. The summed E-state index contributed by atoms with van der Waals surface area (Å²) >= 11 is 0. The molecule has 3 N–H and O–H groups in total. The van der Waals surface area contributed by atoms with Crippen LogP contribution in [0.2, 0.25) is 0 Å². The Bertz CT molecular complexity index is 1100. The molecule has 1 saturated carbocycles. The average Bonchev–Trinajstić information content (AvgIpc) is 2.83. The highest BCUT2D eigenvalue weighted by Crippen LogP contribution is 2.33. The average molecular weight is 533 g/mol. The smallest absolute Gasteiger partial charge is 0.350 e. The minimum absolute atomic E-state index is 0.000658. The van der Waals surface area contributed by atoms with E-state index in [4.69, 9.17) is 0 Å². The Balaban J connectivity index is 1.52. The zero-order chi connectivity index (χ0) is 27.2. The molecule has 0 spiro atoms. The van der Waals surface area contributed by atoms with Crippen LogP contribution in [-0.2, 0) is 23.6 Å². The van der Waals surface area contributed by atoms with E-state index in [2.05, 4.69) is 16.0 Å². The quantitative estimate of drug-likeness (QED) is 0.425. The summed E-state index contributed by atoms with van der Waals surface area (Å²) < 4.78 is 91.5. The molecule has 2 atom stereocenters. The zero-order valence-electron chi connectivity index (χ0n) is 19.6. The van der Waals surface area contributed by atoms with Crippen molar-refractivity contribution in [2.24, 2.45) is 0 Å². The van der Waals surface area contributed by atoms with Gasteiger partial charge in [0.25, 0.3) is 5.91 Å². The summed E-state index contributed by atoms with van der Waals surface area (Å²) in [7, 11) is 0. The molecule has 2 aromatic carbocycles. The molecule has 1 aliphatic carbocycles. The lowest BCUT2D eigenvalue weighted by atomic mass is 9.90. The summed E-state index contributed by atoms with van der Waals surface area (Å²) in [5.74, 6) is -2.35. The Hall–Kier alpha value is -3.15. The Labute approximate surface area is 208 Å². The molecule has 0 saturated heterocycles. The molecule has 5 nitrogen and oxygen atoms in total. The van der Waals surface area contributed by atoms with E-state index >= 15 is 0 Å². The number of rotatable bonds is 8. The summed E-state index contributed by atoms with van der Waals surface area (Å²) in [6.07, 6.45) is -6.36. The number of halogens is 7. The Morgan fingerprint density at radius 2 is 1.59 bits per heavy atom. The van der Waals surface area contributed by atoms with E-state index in [1.54, 1.807) is 0 Å². The fourth-order valence-electron chi connectivity index (χ4n) is 4.33. The molecule has 202 valence electrons. The van der Waals surface area contributed by atoms with Gasteiger partial charge < -0.3 is 16.0 Å². The van der Waals surface area contributed by atoms with Gasteiger partial charge in [-0.3, -0.25) is 9.59 Å². The molecule has 0 aliphatic heterocycles. The van der Waals surface area contributed by atoms with Gasteiger partial charge in [0.1, 0.15) is 5.82 Å². The standard InChI is InChI=1S/C25H26F7N3O2/c26-18-9-8-15(19(13-18)25(30,31)32)10-11-33-20-6-1-2-7-21(20)35-22(36)14-34-23(37)16-4-3-5-17(12-16)24(27,28)29/h3-5,8-9,12-13,20-21,33H,1-2,6-7,10-11,14H2,(H,34,37)(H,35,36)/t20-,21-/m0/s1. The van der Waals surface area contributed by atoms with Crippen LogP contribution in [0.15, 0.2) is 42.5 Å². The van der Waals surface area contributed by atoms with E-state index < -0.39 is 47.7 Å². The van der Waals surface area contributed by atoms with Gasteiger partial charge in [0.2, 0.25) is 5.91 Å². The maximum Gasteiger partial charge on any atom is 0.416 e. The van der Waals surface area contributed by atoms with E-state index in [1.807, 2.05) is 0 Å². The maximum atomic E-state index is 13.3. The maximum absolute atomic E-state index is 13.3. The zero-order valence-corrected chi connectivity index (χ0v) is 19.6. The van der Waals surface area contributed by atoms with Crippen LogP contribution in [0.5, 0.6) is 0 Å². The van der Waals surface area contributed by atoms with Crippen molar-refractivity contribution < 1.29 is 40.3 Å². The Morgan fingerprint density at radius 3 is 2.27 bits per heavy atom. The van der Waals surface area contributed by atoms with Crippen molar-refractivity contribution in [2.75, 3.05) is 13.1 Å². The third-order valence-electron chi connectivity index (χ3n) is 6.15. The second kappa shape index (κ2) is 11.9. The highest BCUT2D eigenvalue weighted by Gasteiger charge is 2.34. The number of amides is 2. The van der Waals surface area contributed by atoms with Gasteiger partial charge in [-0.1, -0.05) is 25.0 Å². The van der Waals surface area contributed by atoms with Crippen molar-refractivity contribution in [1.82, 2.24) is 16.0 Å². The van der Waals surface area contributed by atoms with Gasteiger partial charge in [-0.2, -0.15) is 26.3 Å². The number of nitrogens with one attached hydrogen (secondary N) is 3. The molecular weight excluding hydrogens is 507 g/mol. The fraction of sp³-hybridized carbons (Fsp3) is 0.440. The predicted octanol–water partition coefficient (Wildman–Crippen LogP) is 4.85. The van der Waals surface area contributed by atoms with Gasteiger partial charge in [0.15, 0.2) is 0 Å². The largest absolute Gasteiger partial charge is 0.416 e. The van der Waals surface area contributed by atoms with Gasteiger partial charge in [0, 0.05) is 17.6 Å². The second-order valence-electron chi connectivity index (χ2n) is 8.83. The molecule has 1 fully saturated rings. The first-order valence-electron chi connectivity index (χ1n) is 11.7. The molecule has 0 heterocycles. The van der Waals surface area contributed by atoms with Crippen molar-refractivity contribution >= 4 is 11.8 Å². The number of hydrogen-bond donors (Lipinski definition) is 3. The van der Waals surface area contributed by atoms with Crippen LogP contribution in [0, 0.1) is 5.82 Å². The summed E-state index contributed by atoms with van der Waals surface area (Å²) in [5.41, 5.74) is -2.29. The molecule has 3 rings (SSSR count). The van der Waals surface area contributed by atoms with Crippen molar-refractivity contribution in [3.63, 3.8) is 0 Å². The third kappa shape index (κ3) is 8.17. The summed E-state index contributed by atoms with van der Waals surface area (Å²) in [4.78, 5) is 24.6. The fourth-order valence-corrected chi connectivity index (χ4v) is 4.33. The molecule has 1 aliphatic rings. The van der Waals surface area contributed by atoms with Crippen molar-refractivity contribution in [2.45, 2.75) is 56.5 Å². The number of benzene rings is 2. The van der Waals surface area contributed by atoms with E-state index in [0.717, 1.165) is 37.1 Å². The Morgan fingerprint density at radius 1 is 0.892 bits per heavy atom. The van der Waals surface area contributed by atoms with Gasteiger partial charge in [-0.25, -0.2) is 4.39 Å². The lowest BCUT2D eigenvalue weighted by molar-refractivity contribution is -0.138. The number of hydrogen-bond acceptors (Lipinski definition) is 3. The number of alkyl halides is 6. The lowest BCUT2D eigenvalue weighted by Gasteiger charge is -2.33. The highest BCUT2D eigenvalue weighted by atomic mass is 19.4. The molecule has 37 heavy (non-hydrogen) atoms. The van der Waals surface area contributed by atoms with Crippen LogP contribution in [0.4, 0.5) is 30.7 Å². The van der Waals surface area contributed by atoms with Gasteiger partial charge in [0.05, 0.1) is 17.7 Å². The molecule has 0 unspecified atom stereocenters. The molecule has 0 radical (unpaired) electrons. The highest BCUT2D eigenvalue weighted by molar-refractivity contribution is 5.96. The van der Waals surface area contributed by atoms with Crippen molar-refractivity contribution in [3.8, 4) is 0 Å². The molecule has 2 aromatic rings. The van der Waals surface area contributed by atoms with Crippen LogP contribution >= 0.6 is 0 Å². The SMILES string of the molecule is O=C(CNC(=O)c1cccc(C(F)(F)F)c1)N[C@H]1CCCC[C@@H]1NCCc1ccc(F)cc1C(F)(F)F. The topological polar surface area (TPSA) is 70.2 Å². The van der Waals surface area contributed by atoms with E-state index in [0.29, 0.717) is 25.0 Å². The van der Waals surface area contributed by atoms with Gasteiger partial charge in [-0.05, 0) is 61.7 Å². The third-order valence-corrected chi connectivity index (χ3v) is 6.15. The first-order valence-corrected chi connectivity index (χ1v) is 11.7. The van der Waals surface area contributed by atoms with Crippen LogP contribution in [0.1, 0.15) is 52.7 Å². The summed E-state index contributed by atoms with van der Waals surface area (Å²) in [6.45, 7) is -0.291. The molecule has 2 amide bonds. The molecular formula is C25H26F7N3O2. The lowest BCUT2D eigenvalue weighted by Crippen LogP contribution is -2.53. The van der Waals surface area contributed by atoms with Crippen molar-refractivity contribution in [1.29, 1.82) is 0 Å². The molecule has 0 bridgehead atoms. The van der Waals surface area contributed by atoms with Crippen LogP contribution in [-0.4, -0.2) is 37.0 Å². The number of carbonyl (C=O) groups is 2. The van der Waals surface area contributed by atoms with E-state index in [-0.39, 0.29) is 36.2 Å². The first kappa shape index (κ1) is 28.4. The summed E-state index contributed by atoms with van der Waals surface area (Å²) in [6, 6.07) is 5.80. The minimum Gasteiger partial charge on any atom is -0.350 e.